The third kappa shape index (κ3) is 2.93. The zero-order chi connectivity index (χ0) is 17.6. The molecule has 132 valence electrons. The fourth-order valence-electron chi connectivity index (χ4n) is 3.52. The van der Waals surface area contributed by atoms with Crippen LogP contribution in [0.4, 0.5) is 0 Å². The Balaban J connectivity index is 1.61. The highest BCUT2D eigenvalue weighted by atomic mass is 32.2. The van der Waals surface area contributed by atoms with Crippen molar-refractivity contribution < 1.29 is 13.2 Å². The molecule has 1 amide bonds. The van der Waals surface area contributed by atoms with Crippen molar-refractivity contribution in [3.8, 4) is 0 Å². The molecule has 2 fully saturated rings. The van der Waals surface area contributed by atoms with Crippen LogP contribution in [0.1, 0.15) is 18.4 Å². The highest BCUT2D eigenvalue weighted by molar-refractivity contribution is 7.89. The van der Waals surface area contributed by atoms with Crippen molar-refractivity contribution in [1.29, 1.82) is 0 Å². The molecule has 1 heterocycles. The van der Waals surface area contributed by atoms with Crippen molar-refractivity contribution in [2.24, 2.45) is 5.92 Å². The lowest BCUT2D eigenvalue weighted by Gasteiger charge is -2.34. The van der Waals surface area contributed by atoms with Crippen LogP contribution in [-0.4, -0.2) is 49.7 Å². The van der Waals surface area contributed by atoms with Gasteiger partial charge in [0.05, 0.1) is 4.90 Å². The standard InChI is InChI=1S/C19H22N2O3S/c1-14-6-9-18(17-5-3-2-4-16(14)17)25(23,24)21-12-10-20(11-13-21)19(22)15-7-8-15/h2-6,9,15H,7-8,10-13H2,1H3. The van der Waals surface area contributed by atoms with Crippen molar-refractivity contribution in [2.45, 2.75) is 24.7 Å². The molecule has 1 saturated carbocycles. The van der Waals surface area contributed by atoms with Gasteiger partial charge in [-0.3, -0.25) is 4.79 Å². The van der Waals surface area contributed by atoms with Gasteiger partial charge in [-0.2, -0.15) is 4.31 Å². The van der Waals surface area contributed by atoms with Gasteiger partial charge in [0.2, 0.25) is 15.9 Å². The molecule has 2 aromatic rings. The number of hydrogen-bond donors (Lipinski definition) is 0. The van der Waals surface area contributed by atoms with Gasteiger partial charge >= 0.3 is 0 Å². The topological polar surface area (TPSA) is 57.7 Å². The first kappa shape index (κ1) is 16.5. The quantitative estimate of drug-likeness (QED) is 0.846. The number of amides is 1. The molecule has 0 radical (unpaired) electrons. The maximum atomic E-state index is 13.2. The van der Waals surface area contributed by atoms with Crippen LogP contribution < -0.4 is 0 Å². The third-order valence-corrected chi connectivity index (χ3v) is 7.15. The summed E-state index contributed by atoms with van der Waals surface area (Å²) in [7, 11) is -3.56. The molecule has 1 saturated heterocycles. The van der Waals surface area contributed by atoms with Crippen LogP contribution >= 0.6 is 0 Å². The van der Waals surface area contributed by atoms with Crippen LogP contribution in [0.5, 0.6) is 0 Å². The van der Waals surface area contributed by atoms with E-state index in [0.29, 0.717) is 31.1 Å². The molecule has 1 aliphatic heterocycles. The monoisotopic (exact) mass is 358 g/mol. The fraction of sp³-hybridized carbons (Fsp3) is 0.421. The Hall–Kier alpha value is -1.92. The van der Waals surface area contributed by atoms with Gasteiger partial charge in [-0.15, -0.1) is 0 Å². The minimum atomic E-state index is -3.56. The van der Waals surface area contributed by atoms with E-state index in [1.165, 1.54) is 4.31 Å². The van der Waals surface area contributed by atoms with Crippen LogP contribution in [0.3, 0.4) is 0 Å². The number of sulfonamides is 1. The highest BCUT2D eigenvalue weighted by Gasteiger charge is 2.37. The van der Waals surface area contributed by atoms with Crippen molar-refractivity contribution in [2.75, 3.05) is 26.2 Å². The summed E-state index contributed by atoms with van der Waals surface area (Å²) in [6, 6.07) is 11.2. The molecule has 0 N–H and O–H groups in total. The summed E-state index contributed by atoms with van der Waals surface area (Å²) in [5.41, 5.74) is 1.06. The van der Waals surface area contributed by atoms with Crippen molar-refractivity contribution in [3.05, 3.63) is 42.0 Å². The Labute approximate surface area is 148 Å². The molecule has 4 rings (SSSR count). The Morgan fingerprint density at radius 1 is 0.960 bits per heavy atom. The average molecular weight is 358 g/mol. The predicted molar refractivity (Wildman–Crippen MR) is 96.7 cm³/mol. The normalized spacial score (nSPS) is 19.3. The lowest BCUT2D eigenvalue weighted by Crippen LogP contribution is -2.50. The number of piperazine rings is 1. The van der Waals surface area contributed by atoms with E-state index in [2.05, 4.69) is 0 Å². The van der Waals surface area contributed by atoms with Crippen LogP contribution in [-0.2, 0) is 14.8 Å². The Morgan fingerprint density at radius 3 is 2.24 bits per heavy atom. The number of carbonyl (C=O) groups excluding carboxylic acids is 1. The van der Waals surface area contributed by atoms with Gasteiger partial charge < -0.3 is 4.90 Å². The number of carbonyl (C=O) groups is 1. The highest BCUT2D eigenvalue weighted by Crippen LogP contribution is 2.32. The van der Waals surface area contributed by atoms with Gasteiger partial charge in [-0.05, 0) is 36.8 Å². The molecule has 0 aromatic heterocycles. The third-order valence-electron chi connectivity index (χ3n) is 5.20. The second-order valence-corrected chi connectivity index (χ2v) is 8.84. The molecule has 0 spiro atoms. The second kappa shape index (κ2) is 6.11. The molecule has 25 heavy (non-hydrogen) atoms. The predicted octanol–water partition coefficient (Wildman–Crippen LogP) is 2.39. The van der Waals surface area contributed by atoms with Crippen molar-refractivity contribution >= 4 is 26.7 Å². The summed E-state index contributed by atoms with van der Waals surface area (Å²) in [4.78, 5) is 14.3. The summed E-state index contributed by atoms with van der Waals surface area (Å²) in [5.74, 6) is 0.377. The summed E-state index contributed by atoms with van der Waals surface area (Å²) < 4.78 is 27.8. The van der Waals surface area contributed by atoms with E-state index in [-0.39, 0.29) is 11.8 Å². The maximum Gasteiger partial charge on any atom is 0.243 e. The SMILES string of the molecule is Cc1ccc(S(=O)(=O)N2CCN(C(=O)C3CC3)CC2)c2ccccc12. The average Bonchev–Trinajstić information content (AvgIpc) is 3.47. The lowest BCUT2D eigenvalue weighted by atomic mass is 10.1. The molecule has 2 aromatic carbocycles. The van der Waals surface area contributed by atoms with Crippen LogP contribution in [0, 0.1) is 12.8 Å². The first-order valence-corrected chi connectivity index (χ1v) is 10.2. The molecule has 0 bridgehead atoms. The van der Waals surface area contributed by atoms with E-state index in [1.807, 2.05) is 42.2 Å². The first-order chi connectivity index (χ1) is 12.0. The fourth-order valence-corrected chi connectivity index (χ4v) is 5.14. The number of benzene rings is 2. The van der Waals surface area contributed by atoms with Gasteiger partial charge in [-0.25, -0.2) is 8.42 Å². The van der Waals surface area contributed by atoms with Crippen LogP contribution in [0.15, 0.2) is 41.3 Å². The molecule has 2 aliphatic rings. The molecule has 0 unspecified atom stereocenters. The molecule has 1 aliphatic carbocycles. The molecule has 0 atom stereocenters. The molecular weight excluding hydrogens is 336 g/mol. The first-order valence-electron chi connectivity index (χ1n) is 8.76. The second-order valence-electron chi connectivity index (χ2n) is 6.93. The van der Waals surface area contributed by atoms with Crippen molar-refractivity contribution in [3.63, 3.8) is 0 Å². The summed E-state index contributed by atoms with van der Waals surface area (Å²) in [6.45, 7) is 3.68. The summed E-state index contributed by atoms with van der Waals surface area (Å²) >= 11 is 0. The van der Waals surface area contributed by atoms with E-state index in [0.717, 1.165) is 29.2 Å². The number of hydrogen-bond acceptors (Lipinski definition) is 3. The largest absolute Gasteiger partial charge is 0.340 e. The number of aryl methyl sites for hydroxylation is 1. The molecular formula is C19H22N2O3S. The van der Waals surface area contributed by atoms with Gasteiger partial charge in [0.1, 0.15) is 0 Å². The van der Waals surface area contributed by atoms with Crippen LogP contribution in [0.2, 0.25) is 0 Å². The van der Waals surface area contributed by atoms with E-state index < -0.39 is 10.0 Å². The zero-order valence-electron chi connectivity index (χ0n) is 14.3. The lowest BCUT2D eigenvalue weighted by molar-refractivity contribution is -0.133. The maximum absolute atomic E-state index is 13.2. The Bertz CT molecular complexity index is 927. The van der Waals surface area contributed by atoms with Gasteiger partial charge in [0, 0.05) is 37.5 Å². The number of fused-ring (bicyclic) bond motifs is 1. The Morgan fingerprint density at radius 2 is 1.60 bits per heavy atom. The van der Waals surface area contributed by atoms with Crippen LogP contribution in [0.25, 0.3) is 10.8 Å². The molecule has 6 heteroatoms. The van der Waals surface area contributed by atoms with Gasteiger partial charge in [-0.1, -0.05) is 30.3 Å². The number of nitrogens with zero attached hydrogens (tertiary/aromatic N) is 2. The van der Waals surface area contributed by atoms with Crippen molar-refractivity contribution in [1.82, 2.24) is 9.21 Å². The number of rotatable bonds is 3. The van der Waals surface area contributed by atoms with Gasteiger partial charge in [0.15, 0.2) is 0 Å². The van der Waals surface area contributed by atoms with E-state index in [4.69, 9.17) is 0 Å². The molecule has 5 nitrogen and oxygen atoms in total. The minimum absolute atomic E-state index is 0.184. The summed E-state index contributed by atoms with van der Waals surface area (Å²) in [5, 5.41) is 1.73. The van der Waals surface area contributed by atoms with Gasteiger partial charge in [0.25, 0.3) is 0 Å². The summed E-state index contributed by atoms with van der Waals surface area (Å²) in [6.07, 6.45) is 1.96. The van der Waals surface area contributed by atoms with E-state index in [9.17, 15) is 13.2 Å². The smallest absolute Gasteiger partial charge is 0.243 e. The van der Waals surface area contributed by atoms with E-state index >= 15 is 0 Å². The Kier molecular flexibility index (Phi) is 4.04. The zero-order valence-corrected chi connectivity index (χ0v) is 15.1. The minimum Gasteiger partial charge on any atom is -0.340 e. The van der Waals surface area contributed by atoms with E-state index in [1.54, 1.807) is 6.07 Å².